The molecule has 1 N–H and O–H groups in total. The van der Waals surface area contributed by atoms with Gasteiger partial charge in [-0.25, -0.2) is 5.43 Å². The van der Waals surface area contributed by atoms with Gasteiger partial charge in [0.15, 0.2) is 0 Å². The summed E-state index contributed by atoms with van der Waals surface area (Å²) in [5.74, 6) is 0.198. The highest BCUT2D eigenvalue weighted by Crippen LogP contribution is 2.15. The molecule has 0 fully saturated rings. The third kappa shape index (κ3) is 1.66. The van der Waals surface area contributed by atoms with Crippen LogP contribution in [0.2, 0.25) is 0 Å². The largest absolute Gasteiger partial charge is 0.273 e. The van der Waals surface area contributed by atoms with Crippen LogP contribution in [0.25, 0.3) is 0 Å². The van der Waals surface area contributed by atoms with Crippen molar-refractivity contribution in [3.63, 3.8) is 0 Å². The fourth-order valence-corrected chi connectivity index (χ4v) is 1.61. The summed E-state index contributed by atoms with van der Waals surface area (Å²) in [5.41, 5.74) is 4.56. The van der Waals surface area contributed by atoms with E-state index in [-0.39, 0.29) is 11.8 Å². The second-order valence-corrected chi connectivity index (χ2v) is 3.50. The Morgan fingerprint density at radius 2 is 2.07 bits per heavy atom. The van der Waals surface area contributed by atoms with Crippen LogP contribution in [0.1, 0.15) is 18.9 Å². The Balaban J connectivity index is 2.31. The van der Waals surface area contributed by atoms with Crippen LogP contribution in [0.3, 0.4) is 0 Å². The van der Waals surface area contributed by atoms with Gasteiger partial charge in [-0.2, -0.15) is 5.10 Å². The lowest BCUT2D eigenvalue weighted by atomic mass is 9.94. The van der Waals surface area contributed by atoms with E-state index >= 15 is 0 Å². The van der Waals surface area contributed by atoms with Crippen molar-refractivity contribution >= 4 is 11.6 Å². The lowest BCUT2D eigenvalue weighted by Crippen LogP contribution is -2.31. The van der Waals surface area contributed by atoms with Crippen LogP contribution in [0.4, 0.5) is 0 Å². The molecule has 2 rings (SSSR count). The molecule has 14 heavy (non-hydrogen) atoms. The van der Waals surface area contributed by atoms with Gasteiger partial charge in [0.25, 0.3) is 0 Å². The Hall–Kier alpha value is -1.64. The van der Waals surface area contributed by atoms with Crippen molar-refractivity contribution in [3.8, 4) is 0 Å². The van der Waals surface area contributed by atoms with Gasteiger partial charge < -0.3 is 0 Å². The third-order valence-electron chi connectivity index (χ3n) is 2.33. The first kappa shape index (κ1) is 8.94. The SMILES string of the molecule is C[C@H]1CC(=O)NN=C1c1ccccc1. The van der Waals surface area contributed by atoms with Crippen molar-refractivity contribution < 1.29 is 4.79 Å². The molecule has 0 saturated heterocycles. The standard InChI is InChI=1S/C11H12N2O/c1-8-7-10(14)12-13-11(8)9-5-3-2-4-6-9/h2-6,8H,7H2,1H3,(H,12,14)/t8-/m0/s1. The van der Waals surface area contributed by atoms with E-state index in [9.17, 15) is 4.79 Å². The maximum atomic E-state index is 11.0. The predicted octanol–water partition coefficient (Wildman–Crippen LogP) is 1.55. The van der Waals surface area contributed by atoms with Gasteiger partial charge in [0, 0.05) is 12.3 Å². The van der Waals surface area contributed by atoms with Crippen LogP contribution in [0.15, 0.2) is 35.4 Å². The maximum absolute atomic E-state index is 11.0. The summed E-state index contributed by atoms with van der Waals surface area (Å²) in [5, 5.41) is 4.08. The molecule has 1 aliphatic rings. The molecule has 1 aromatic carbocycles. The summed E-state index contributed by atoms with van der Waals surface area (Å²) in [6.45, 7) is 2.02. The third-order valence-corrected chi connectivity index (χ3v) is 2.33. The molecule has 3 heteroatoms. The zero-order valence-electron chi connectivity index (χ0n) is 8.03. The van der Waals surface area contributed by atoms with E-state index < -0.39 is 0 Å². The zero-order chi connectivity index (χ0) is 9.97. The van der Waals surface area contributed by atoms with Crippen LogP contribution in [0.5, 0.6) is 0 Å². The number of hydrogen-bond acceptors (Lipinski definition) is 2. The Labute approximate surface area is 82.8 Å². The van der Waals surface area contributed by atoms with Gasteiger partial charge in [-0.15, -0.1) is 0 Å². The van der Waals surface area contributed by atoms with Gasteiger partial charge in [0.1, 0.15) is 0 Å². The van der Waals surface area contributed by atoms with E-state index in [0.29, 0.717) is 6.42 Å². The topological polar surface area (TPSA) is 41.5 Å². The molecular formula is C11H12N2O. The van der Waals surface area contributed by atoms with Crippen molar-refractivity contribution in [2.45, 2.75) is 13.3 Å². The van der Waals surface area contributed by atoms with Gasteiger partial charge in [0.05, 0.1) is 5.71 Å². The van der Waals surface area contributed by atoms with Crippen molar-refractivity contribution in [2.24, 2.45) is 11.0 Å². The monoisotopic (exact) mass is 188 g/mol. The first-order valence-corrected chi connectivity index (χ1v) is 4.69. The fourth-order valence-electron chi connectivity index (χ4n) is 1.61. The molecule has 0 unspecified atom stereocenters. The number of amides is 1. The van der Waals surface area contributed by atoms with Crippen LogP contribution in [-0.4, -0.2) is 11.6 Å². The first-order valence-electron chi connectivity index (χ1n) is 4.69. The van der Waals surface area contributed by atoms with Gasteiger partial charge in [-0.1, -0.05) is 37.3 Å². The average molecular weight is 188 g/mol. The highest BCUT2D eigenvalue weighted by molar-refractivity contribution is 6.05. The maximum Gasteiger partial charge on any atom is 0.240 e. The van der Waals surface area contributed by atoms with E-state index in [1.54, 1.807) is 0 Å². The number of nitrogens with zero attached hydrogens (tertiary/aromatic N) is 1. The number of carbonyl (C=O) groups excluding carboxylic acids is 1. The second-order valence-electron chi connectivity index (χ2n) is 3.50. The summed E-state index contributed by atoms with van der Waals surface area (Å²) in [4.78, 5) is 11.0. The second kappa shape index (κ2) is 3.62. The zero-order valence-corrected chi connectivity index (χ0v) is 8.03. The quantitative estimate of drug-likeness (QED) is 0.713. The highest BCUT2D eigenvalue weighted by Gasteiger charge is 2.20. The van der Waals surface area contributed by atoms with Gasteiger partial charge in [-0.05, 0) is 5.56 Å². The fraction of sp³-hybridized carbons (Fsp3) is 0.273. The predicted molar refractivity (Wildman–Crippen MR) is 54.9 cm³/mol. The van der Waals surface area contributed by atoms with Crippen molar-refractivity contribution in [1.29, 1.82) is 0 Å². The molecule has 1 aliphatic heterocycles. The molecule has 0 spiro atoms. The summed E-state index contributed by atoms with van der Waals surface area (Å²) in [6.07, 6.45) is 0.522. The molecule has 0 aromatic heterocycles. The minimum Gasteiger partial charge on any atom is -0.273 e. The van der Waals surface area contributed by atoms with E-state index in [2.05, 4.69) is 10.5 Å². The molecule has 3 nitrogen and oxygen atoms in total. The molecule has 72 valence electrons. The Bertz CT molecular complexity index is 370. The molecule has 0 saturated carbocycles. The molecule has 0 radical (unpaired) electrons. The average Bonchev–Trinajstić information content (AvgIpc) is 2.19. The summed E-state index contributed by atoms with van der Waals surface area (Å²) < 4.78 is 0. The van der Waals surface area contributed by atoms with E-state index in [0.717, 1.165) is 11.3 Å². The number of carbonyl (C=O) groups is 1. The van der Waals surface area contributed by atoms with Crippen molar-refractivity contribution in [2.75, 3.05) is 0 Å². The first-order chi connectivity index (χ1) is 6.77. The summed E-state index contributed by atoms with van der Waals surface area (Å²) in [7, 11) is 0. The lowest BCUT2D eigenvalue weighted by Gasteiger charge is -2.18. The Morgan fingerprint density at radius 3 is 2.71 bits per heavy atom. The van der Waals surface area contributed by atoms with E-state index in [1.165, 1.54) is 0 Å². The molecule has 0 aliphatic carbocycles. The summed E-state index contributed by atoms with van der Waals surface area (Å²) in [6, 6.07) is 9.93. The minimum atomic E-state index is -0.00261. The lowest BCUT2D eigenvalue weighted by molar-refractivity contribution is -0.121. The van der Waals surface area contributed by atoms with Gasteiger partial charge >= 0.3 is 0 Å². The smallest absolute Gasteiger partial charge is 0.240 e. The molecule has 1 atom stereocenters. The number of benzene rings is 1. The van der Waals surface area contributed by atoms with Crippen LogP contribution in [-0.2, 0) is 4.79 Å². The highest BCUT2D eigenvalue weighted by atomic mass is 16.2. The van der Waals surface area contributed by atoms with Crippen LogP contribution >= 0.6 is 0 Å². The van der Waals surface area contributed by atoms with Gasteiger partial charge in [-0.3, -0.25) is 4.79 Å². The molecule has 1 amide bonds. The van der Waals surface area contributed by atoms with Crippen LogP contribution < -0.4 is 5.43 Å². The molecule has 1 aromatic rings. The van der Waals surface area contributed by atoms with Crippen LogP contribution in [0, 0.1) is 5.92 Å². The molecule has 1 heterocycles. The Morgan fingerprint density at radius 1 is 1.36 bits per heavy atom. The number of hydrogen-bond donors (Lipinski definition) is 1. The van der Waals surface area contributed by atoms with E-state index in [1.807, 2.05) is 37.3 Å². The van der Waals surface area contributed by atoms with Crippen molar-refractivity contribution in [3.05, 3.63) is 35.9 Å². The van der Waals surface area contributed by atoms with Crippen molar-refractivity contribution in [1.82, 2.24) is 5.43 Å². The van der Waals surface area contributed by atoms with Gasteiger partial charge in [0.2, 0.25) is 5.91 Å². The Kier molecular flexibility index (Phi) is 2.31. The summed E-state index contributed by atoms with van der Waals surface area (Å²) >= 11 is 0. The molecular weight excluding hydrogens is 176 g/mol. The minimum absolute atomic E-state index is 0.00261. The van der Waals surface area contributed by atoms with E-state index in [4.69, 9.17) is 0 Å². The normalized spacial score (nSPS) is 21.4. The number of rotatable bonds is 1. The molecule has 0 bridgehead atoms. The number of nitrogens with one attached hydrogen (secondary N) is 1. The number of hydrazone groups is 1.